The molecule has 2 N–H and O–H groups in total. The Labute approximate surface area is 130 Å². The van der Waals surface area contributed by atoms with Gasteiger partial charge in [0.05, 0.1) is 5.69 Å². The van der Waals surface area contributed by atoms with E-state index in [1.165, 1.54) is 12.1 Å². The first-order chi connectivity index (χ1) is 10.8. The lowest BCUT2D eigenvalue weighted by atomic mass is 10.2. The Kier molecular flexibility index (Phi) is 4.85. The van der Waals surface area contributed by atoms with Gasteiger partial charge in [-0.25, -0.2) is 4.39 Å². The van der Waals surface area contributed by atoms with Crippen molar-refractivity contribution >= 4 is 11.4 Å². The molecule has 0 saturated carbocycles. The Balaban J connectivity index is 1.39. The second-order valence-corrected chi connectivity index (χ2v) is 5.53. The van der Waals surface area contributed by atoms with E-state index in [0.29, 0.717) is 6.04 Å². The van der Waals surface area contributed by atoms with Crippen LogP contribution in [0.1, 0.15) is 6.42 Å². The average molecular weight is 300 g/mol. The van der Waals surface area contributed by atoms with Gasteiger partial charge in [0.25, 0.3) is 0 Å². The Morgan fingerprint density at radius 1 is 1.18 bits per heavy atom. The molecule has 1 unspecified atom stereocenters. The van der Waals surface area contributed by atoms with E-state index in [9.17, 15) is 4.39 Å². The molecule has 1 saturated heterocycles. The highest BCUT2D eigenvalue weighted by Gasteiger charge is 2.21. The second-order valence-electron chi connectivity index (χ2n) is 5.53. The van der Waals surface area contributed by atoms with Crippen LogP contribution in [0, 0.1) is 5.82 Å². The Hall–Kier alpha value is -2.14. The third-order valence-corrected chi connectivity index (χ3v) is 3.93. The highest BCUT2D eigenvalue weighted by molar-refractivity contribution is 5.47. The first-order valence-electron chi connectivity index (χ1n) is 7.69. The van der Waals surface area contributed by atoms with Gasteiger partial charge in [-0.15, -0.1) is 0 Å². The summed E-state index contributed by atoms with van der Waals surface area (Å²) < 4.78 is 13.0. The summed E-state index contributed by atoms with van der Waals surface area (Å²) in [5.74, 6) is -0.181. The lowest BCUT2D eigenvalue weighted by molar-refractivity contribution is 0.564. The fourth-order valence-corrected chi connectivity index (χ4v) is 2.76. The third-order valence-electron chi connectivity index (χ3n) is 3.93. The standard InChI is InChI=1S/C17H21FN4/c18-14-3-5-17(6-4-14)22-11-7-16(13-22)21-10-9-20-15-2-1-8-19-12-15/h1-6,8,12,16,20-21H,7,9-11,13H2. The lowest BCUT2D eigenvalue weighted by Crippen LogP contribution is -2.35. The van der Waals surface area contributed by atoms with Crippen molar-refractivity contribution in [2.24, 2.45) is 0 Å². The van der Waals surface area contributed by atoms with Crippen molar-refractivity contribution in [1.82, 2.24) is 10.3 Å². The molecular weight excluding hydrogens is 279 g/mol. The summed E-state index contributed by atoms with van der Waals surface area (Å²) in [6.07, 6.45) is 4.71. The van der Waals surface area contributed by atoms with E-state index in [2.05, 4.69) is 20.5 Å². The van der Waals surface area contributed by atoms with E-state index in [1.807, 2.05) is 30.5 Å². The van der Waals surface area contributed by atoms with Crippen LogP contribution in [0.5, 0.6) is 0 Å². The number of hydrogen-bond donors (Lipinski definition) is 2. The molecule has 0 bridgehead atoms. The van der Waals surface area contributed by atoms with Crippen molar-refractivity contribution in [3.63, 3.8) is 0 Å². The van der Waals surface area contributed by atoms with Gasteiger partial charge in [0.15, 0.2) is 0 Å². The molecular formula is C17H21FN4. The van der Waals surface area contributed by atoms with Gasteiger partial charge >= 0.3 is 0 Å². The first kappa shape index (κ1) is 14.8. The Morgan fingerprint density at radius 3 is 2.82 bits per heavy atom. The van der Waals surface area contributed by atoms with Crippen molar-refractivity contribution in [2.45, 2.75) is 12.5 Å². The summed E-state index contributed by atoms with van der Waals surface area (Å²) >= 11 is 0. The predicted molar refractivity (Wildman–Crippen MR) is 87.7 cm³/mol. The molecule has 0 aliphatic carbocycles. The largest absolute Gasteiger partial charge is 0.383 e. The molecule has 2 heterocycles. The maximum Gasteiger partial charge on any atom is 0.123 e. The molecule has 3 rings (SSSR count). The van der Waals surface area contributed by atoms with E-state index < -0.39 is 0 Å². The van der Waals surface area contributed by atoms with E-state index in [0.717, 1.165) is 44.0 Å². The van der Waals surface area contributed by atoms with Crippen LogP contribution in [0.2, 0.25) is 0 Å². The highest BCUT2D eigenvalue weighted by Crippen LogP contribution is 2.20. The maximum atomic E-state index is 13.0. The number of hydrogen-bond acceptors (Lipinski definition) is 4. The monoisotopic (exact) mass is 300 g/mol. The summed E-state index contributed by atoms with van der Waals surface area (Å²) in [6, 6.07) is 11.2. The van der Waals surface area contributed by atoms with Gasteiger partial charge < -0.3 is 15.5 Å². The maximum absolute atomic E-state index is 13.0. The molecule has 2 aromatic rings. The molecule has 1 atom stereocenters. The summed E-state index contributed by atoms with van der Waals surface area (Å²) in [7, 11) is 0. The van der Waals surface area contributed by atoms with Crippen LogP contribution in [-0.4, -0.2) is 37.2 Å². The minimum Gasteiger partial charge on any atom is -0.383 e. The minimum atomic E-state index is -0.181. The number of nitrogens with zero attached hydrogens (tertiary/aromatic N) is 2. The molecule has 1 aromatic heterocycles. The Morgan fingerprint density at radius 2 is 2.05 bits per heavy atom. The second kappa shape index (κ2) is 7.22. The zero-order valence-corrected chi connectivity index (χ0v) is 12.5. The van der Waals surface area contributed by atoms with Gasteiger partial charge in [-0.2, -0.15) is 0 Å². The minimum absolute atomic E-state index is 0.181. The molecule has 1 fully saturated rings. The van der Waals surface area contributed by atoms with Gasteiger partial charge in [-0.05, 0) is 42.8 Å². The van der Waals surface area contributed by atoms with Crippen molar-refractivity contribution in [3.05, 3.63) is 54.6 Å². The number of rotatable bonds is 6. The summed E-state index contributed by atoms with van der Waals surface area (Å²) in [5, 5.41) is 6.90. The zero-order valence-electron chi connectivity index (χ0n) is 12.5. The van der Waals surface area contributed by atoms with Gasteiger partial charge in [-0.3, -0.25) is 4.98 Å². The fourth-order valence-electron chi connectivity index (χ4n) is 2.76. The molecule has 0 amide bonds. The predicted octanol–water partition coefficient (Wildman–Crippen LogP) is 2.50. The molecule has 5 heteroatoms. The number of benzene rings is 1. The topological polar surface area (TPSA) is 40.2 Å². The summed E-state index contributed by atoms with van der Waals surface area (Å²) in [4.78, 5) is 6.37. The molecule has 0 radical (unpaired) electrons. The van der Waals surface area contributed by atoms with Crippen LogP contribution in [0.25, 0.3) is 0 Å². The summed E-state index contributed by atoms with van der Waals surface area (Å²) in [5.41, 5.74) is 2.14. The van der Waals surface area contributed by atoms with Crippen LogP contribution in [0.4, 0.5) is 15.8 Å². The van der Waals surface area contributed by atoms with Gasteiger partial charge in [-0.1, -0.05) is 0 Å². The van der Waals surface area contributed by atoms with Crippen molar-refractivity contribution < 1.29 is 4.39 Å². The Bertz CT molecular complexity index is 573. The fraction of sp³-hybridized carbons (Fsp3) is 0.353. The molecule has 1 aliphatic heterocycles. The average Bonchev–Trinajstić information content (AvgIpc) is 3.02. The SMILES string of the molecule is Fc1ccc(N2CCC(NCCNc3cccnc3)C2)cc1. The normalized spacial score (nSPS) is 17.7. The van der Waals surface area contributed by atoms with E-state index in [4.69, 9.17) is 0 Å². The van der Waals surface area contributed by atoms with Gasteiger partial charge in [0.2, 0.25) is 0 Å². The lowest BCUT2D eigenvalue weighted by Gasteiger charge is -2.19. The van der Waals surface area contributed by atoms with Crippen LogP contribution in [0.3, 0.4) is 0 Å². The number of pyridine rings is 1. The third kappa shape index (κ3) is 3.95. The number of anilines is 2. The molecule has 4 nitrogen and oxygen atoms in total. The van der Waals surface area contributed by atoms with E-state index >= 15 is 0 Å². The first-order valence-corrected chi connectivity index (χ1v) is 7.69. The smallest absolute Gasteiger partial charge is 0.123 e. The molecule has 116 valence electrons. The number of aromatic nitrogens is 1. The quantitative estimate of drug-likeness (QED) is 0.804. The van der Waals surface area contributed by atoms with Crippen molar-refractivity contribution in [1.29, 1.82) is 0 Å². The molecule has 1 aliphatic rings. The highest BCUT2D eigenvalue weighted by atomic mass is 19.1. The molecule has 22 heavy (non-hydrogen) atoms. The van der Waals surface area contributed by atoms with Gasteiger partial charge in [0, 0.05) is 50.3 Å². The van der Waals surface area contributed by atoms with Crippen LogP contribution in [0.15, 0.2) is 48.8 Å². The molecule has 1 aromatic carbocycles. The van der Waals surface area contributed by atoms with Crippen LogP contribution in [-0.2, 0) is 0 Å². The number of halogens is 1. The van der Waals surface area contributed by atoms with E-state index in [1.54, 1.807) is 6.20 Å². The van der Waals surface area contributed by atoms with Gasteiger partial charge in [0.1, 0.15) is 5.82 Å². The van der Waals surface area contributed by atoms with Crippen molar-refractivity contribution in [2.75, 3.05) is 36.4 Å². The summed E-state index contributed by atoms with van der Waals surface area (Å²) in [6.45, 7) is 3.77. The number of nitrogens with one attached hydrogen (secondary N) is 2. The van der Waals surface area contributed by atoms with Crippen LogP contribution >= 0.6 is 0 Å². The zero-order chi connectivity index (χ0) is 15.2. The van der Waals surface area contributed by atoms with Crippen molar-refractivity contribution in [3.8, 4) is 0 Å². The molecule has 0 spiro atoms. The van der Waals surface area contributed by atoms with Crippen LogP contribution < -0.4 is 15.5 Å². The van der Waals surface area contributed by atoms with E-state index in [-0.39, 0.29) is 5.82 Å².